The SMILES string of the molecule is C=CC(=O)N1CC[C@@H](S(=O)(=O)NC(C)C)C1. The predicted molar refractivity (Wildman–Crippen MR) is 62.4 cm³/mol. The molecule has 16 heavy (non-hydrogen) atoms. The van der Waals surface area contributed by atoms with Crippen molar-refractivity contribution in [3.8, 4) is 0 Å². The highest BCUT2D eigenvalue weighted by Gasteiger charge is 2.34. The summed E-state index contributed by atoms with van der Waals surface area (Å²) in [5, 5.41) is -0.501. The van der Waals surface area contributed by atoms with Crippen molar-refractivity contribution in [1.82, 2.24) is 9.62 Å². The third kappa shape index (κ3) is 3.05. The summed E-state index contributed by atoms with van der Waals surface area (Å²) in [5.74, 6) is -0.206. The van der Waals surface area contributed by atoms with Gasteiger partial charge in [-0.25, -0.2) is 13.1 Å². The van der Waals surface area contributed by atoms with Crippen molar-refractivity contribution in [3.05, 3.63) is 12.7 Å². The van der Waals surface area contributed by atoms with E-state index in [9.17, 15) is 13.2 Å². The van der Waals surface area contributed by atoms with E-state index in [-0.39, 0.29) is 18.5 Å². The second kappa shape index (κ2) is 4.97. The Labute approximate surface area is 96.6 Å². The van der Waals surface area contributed by atoms with E-state index in [1.807, 2.05) is 0 Å². The largest absolute Gasteiger partial charge is 0.338 e. The fourth-order valence-corrected chi connectivity index (χ4v) is 3.38. The molecular weight excluding hydrogens is 228 g/mol. The van der Waals surface area contributed by atoms with Crippen LogP contribution in [0.3, 0.4) is 0 Å². The molecule has 0 aliphatic carbocycles. The number of nitrogens with one attached hydrogen (secondary N) is 1. The first kappa shape index (κ1) is 13.2. The quantitative estimate of drug-likeness (QED) is 0.715. The zero-order chi connectivity index (χ0) is 12.3. The molecule has 1 amide bonds. The van der Waals surface area contributed by atoms with Crippen LogP contribution in [0.5, 0.6) is 0 Å². The zero-order valence-corrected chi connectivity index (χ0v) is 10.5. The number of hydrogen-bond acceptors (Lipinski definition) is 3. The van der Waals surface area contributed by atoms with Gasteiger partial charge in [0.05, 0.1) is 5.25 Å². The lowest BCUT2D eigenvalue weighted by molar-refractivity contribution is -0.124. The van der Waals surface area contributed by atoms with Gasteiger partial charge in [0.1, 0.15) is 0 Å². The van der Waals surface area contributed by atoms with E-state index in [2.05, 4.69) is 11.3 Å². The van der Waals surface area contributed by atoms with Crippen molar-refractivity contribution in [2.24, 2.45) is 0 Å². The number of hydrogen-bond donors (Lipinski definition) is 1. The molecule has 0 bridgehead atoms. The lowest BCUT2D eigenvalue weighted by atomic mass is 10.4. The van der Waals surface area contributed by atoms with Gasteiger partial charge in [-0.05, 0) is 26.3 Å². The van der Waals surface area contributed by atoms with E-state index < -0.39 is 15.3 Å². The molecule has 1 aliphatic rings. The average molecular weight is 246 g/mol. The van der Waals surface area contributed by atoms with Gasteiger partial charge in [-0.3, -0.25) is 4.79 Å². The lowest BCUT2D eigenvalue weighted by Gasteiger charge is -2.16. The van der Waals surface area contributed by atoms with Crippen LogP contribution in [0.4, 0.5) is 0 Å². The third-order valence-electron chi connectivity index (χ3n) is 2.47. The fourth-order valence-electron chi connectivity index (χ4n) is 1.74. The molecule has 0 aromatic heterocycles. The molecule has 0 spiro atoms. The number of sulfonamides is 1. The second-order valence-electron chi connectivity index (χ2n) is 4.22. The number of nitrogens with zero attached hydrogens (tertiary/aromatic N) is 1. The monoisotopic (exact) mass is 246 g/mol. The Kier molecular flexibility index (Phi) is 4.09. The molecule has 0 saturated carbocycles. The first-order chi connectivity index (χ1) is 7.36. The Morgan fingerprint density at radius 2 is 2.19 bits per heavy atom. The smallest absolute Gasteiger partial charge is 0.245 e. The maximum atomic E-state index is 11.8. The van der Waals surface area contributed by atoms with Crippen LogP contribution in [0.15, 0.2) is 12.7 Å². The van der Waals surface area contributed by atoms with Gasteiger partial charge in [0.25, 0.3) is 0 Å². The van der Waals surface area contributed by atoms with E-state index in [1.165, 1.54) is 11.0 Å². The molecular formula is C10H18N2O3S. The fraction of sp³-hybridized carbons (Fsp3) is 0.700. The Morgan fingerprint density at radius 3 is 2.69 bits per heavy atom. The van der Waals surface area contributed by atoms with Crippen molar-refractivity contribution in [3.63, 3.8) is 0 Å². The first-order valence-electron chi connectivity index (χ1n) is 5.29. The molecule has 5 nitrogen and oxygen atoms in total. The molecule has 1 rings (SSSR count). The molecule has 0 aromatic carbocycles. The summed E-state index contributed by atoms with van der Waals surface area (Å²) >= 11 is 0. The van der Waals surface area contributed by atoms with Gasteiger partial charge in [0, 0.05) is 19.1 Å². The van der Waals surface area contributed by atoms with Crippen LogP contribution in [0.1, 0.15) is 20.3 Å². The van der Waals surface area contributed by atoms with Gasteiger partial charge < -0.3 is 4.90 Å². The third-order valence-corrected chi connectivity index (χ3v) is 4.53. The molecule has 6 heteroatoms. The molecule has 0 aromatic rings. The molecule has 0 unspecified atom stereocenters. The number of carbonyl (C=O) groups is 1. The summed E-state index contributed by atoms with van der Waals surface area (Å²) in [5.41, 5.74) is 0. The van der Waals surface area contributed by atoms with Gasteiger partial charge in [-0.2, -0.15) is 0 Å². The summed E-state index contributed by atoms with van der Waals surface area (Å²) < 4.78 is 26.2. The van der Waals surface area contributed by atoms with Gasteiger partial charge in [0.2, 0.25) is 15.9 Å². The summed E-state index contributed by atoms with van der Waals surface area (Å²) in [7, 11) is -3.31. The van der Waals surface area contributed by atoms with Gasteiger partial charge in [0.15, 0.2) is 0 Å². The van der Waals surface area contributed by atoms with Crippen LogP contribution in [0.25, 0.3) is 0 Å². The van der Waals surface area contributed by atoms with Crippen molar-refractivity contribution >= 4 is 15.9 Å². The normalized spacial score (nSPS) is 21.4. The highest BCUT2D eigenvalue weighted by molar-refractivity contribution is 7.90. The molecule has 1 N–H and O–H groups in total. The number of amides is 1. The summed E-state index contributed by atoms with van der Waals surface area (Å²) in [6.07, 6.45) is 1.70. The van der Waals surface area contributed by atoms with Crippen molar-refractivity contribution in [2.45, 2.75) is 31.6 Å². The number of carbonyl (C=O) groups excluding carboxylic acids is 1. The average Bonchev–Trinajstić information content (AvgIpc) is 2.63. The second-order valence-corrected chi connectivity index (χ2v) is 6.21. The highest BCUT2D eigenvalue weighted by atomic mass is 32.2. The first-order valence-corrected chi connectivity index (χ1v) is 6.84. The Balaban J connectivity index is 2.66. The molecule has 1 aliphatic heterocycles. The van der Waals surface area contributed by atoms with Crippen LogP contribution < -0.4 is 4.72 Å². The summed E-state index contributed by atoms with van der Waals surface area (Å²) in [6.45, 7) is 7.68. The van der Waals surface area contributed by atoms with Crippen molar-refractivity contribution in [2.75, 3.05) is 13.1 Å². The highest BCUT2D eigenvalue weighted by Crippen LogP contribution is 2.16. The maximum Gasteiger partial charge on any atom is 0.245 e. The van der Waals surface area contributed by atoms with E-state index in [0.29, 0.717) is 13.0 Å². The Morgan fingerprint density at radius 1 is 1.56 bits per heavy atom. The van der Waals surface area contributed by atoms with Gasteiger partial charge >= 0.3 is 0 Å². The van der Waals surface area contributed by atoms with E-state index in [4.69, 9.17) is 0 Å². The number of rotatable bonds is 4. The van der Waals surface area contributed by atoms with E-state index in [1.54, 1.807) is 13.8 Å². The number of likely N-dealkylation sites (tertiary alicyclic amines) is 1. The van der Waals surface area contributed by atoms with Crippen LogP contribution in [-0.4, -0.2) is 43.6 Å². The van der Waals surface area contributed by atoms with Crippen molar-refractivity contribution < 1.29 is 13.2 Å². The van der Waals surface area contributed by atoms with Crippen LogP contribution in [0, 0.1) is 0 Å². The van der Waals surface area contributed by atoms with Crippen molar-refractivity contribution in [1.29, 1.82) is 0 Å². The molecule has 92 valence electrons. The summed E-state index contributed by atoms with van der Waals surface area (Å²) in [6, 6.07) is -0.117. The van der Waals surface area contributed by atoms with E-state index >= 15 is 0 Å². The Bertz CT molecular complexity index is 376. The van der Waals surface area contributed by atoms with Crippen LogP contribution in [0.2, 0.25) is 0 Å². The minimum atomic E-state index is -3.31. The minimum Gasteiger partial charge on any atom is -0.338 e. The van der Waals surface area contributed by atoms with E-state index in [0.717, 1.165) is 0 Å². The Hall–Kier alpha value is -0.880. The molecule has 1 atom stereocenters. The maximum absolute atomic E-state index is 11.8. The molecule has 1 fully saturated rings. The van der Waals surface area contributed by atoms with Crippen LogP contribution in [-0.2, 0) is 14.8 Å². The van der Waals surface area contributed by atoms with Gasteiger partial charge in [-0.1, -0.05) is 6.58 Å². The molecule has 1 saturated heterocycles. The summed E-state index contributed by atoms with van der Waals surface area (Å²) in [4.78, 5) is 12.8. The van der Waals surface area contributed by atoms with Crippen LogP contribution >= 0.6 is 0 Å². The zero-order valence-electron chi connectivity index (χ0n) is 9.64. The standard InChI is InChI=1S/C10H18N2O3S/c1-4-10(13)12-6-5-9(7-12)16(14,15)11-8(2)3/h4,8-9,11H,1,5-7H2,2-3H3/t9-/m1/s1. The molecule has 0 radical (unpaired) electrons. The minimum absolute atomic E-state index is 0.117. The molecule has 1 heterocycles. The lowest BCUT2D eigenvalue weighted by Crippen LogP contribution is -2.40. The topological polar surface area (TPSA) is 66.5 Å². The van der Waals surface area contributed by atoms with Gasteiger partial charge in [-0.15, -0.1) is 0 Å². The predicted octanol–water partition coefficient (Wildman–Crippen LogP) is 0.101.